The van der Waals surface area contributed by atoms with Crippen molar-refractivity contribution in [3.05, 3.63) is 41.2 Å². The van der Waals surface area contributed by atoms with Crippen molar-refractivity contribution < 1.29 is 22.4 Å². The summed E-state index contributed by atoms with van der Waals surface area (Å²) in [5.74, 6) is -0.439. The molecule has 22 heavy (non-hydrogen) atoms. The molecule has 0 radical (unpaired) electrons. The van der Waals surface area contributed by atoms with Gasteiger partial charge in [0.1, 0.15) is 16.5 Å². The van der Waals surface area contributed by atoms with Crippen molar-refractivity contribution in [2.75, 3.05) is 5.75 Å². The van der Waals surface area contributed by atoms with Crippen LogP contribution in [0.1, 0.15) is 31.4 Å². The first kappa shape index (κ1) is 16.9. The number of alkyl halides is 3. The van der Waals surface area contributed by atoms with Gasteiger partial charge in [-0.2, -0.15) is 13.2 Å². The van der Waals surface area contributed by atoms with E-state index < -0.39 is 17.6 Å². The Labute approximate surface area is 130 Å². The average Bonchev–Trinajstić information content (AvgIpc) is 2.74. The van der Waals surface area contributed by atoms with Crippen molar-refractivity contribution in [3.8, 4) is 0 Å². The van der Waals surface area contributed by atoms with Gasteiger partial charge in [0.25, 0.3) is 0 Å². The van der Waals surface area contributed by atoms with Crippen LogP contribution in [0.15, 0.2) is 29.4 Å². The summed E-state index contributed by atoms with van der Waals surface area (Å²) in [7, 11) is 0. The lowest BCUT2D eigenvalue weighted by molar-refractivity contribution is -0.137. The lowest BCUT2D eigenvalue weighted by atomic mass is 10.1. The fourth-order valence-corrected chi connectivity index (χ4v) is 2.84. The van der Waals surface area contributed by atoms with Crippen LogP contribution >= 0.6 is 11.8 Å². The van der Waals surface area contributed by atoms with Crippen molar-refractivity contribution in [2.24, 2.45) is 5.16 Å². The standard InChI is InChI=1S/C15H15F4NOS/c1-14(2)9-13(20-21-14)22-7-3-4-10-5-6-11(16)8-12(10)15(17,18)19/h3-6,8H,7,9H2,1-2H3/b4-3+. The number of nitrogens with zero attached hydrogens (tertiary/aromatic N) is 1. The summed E-state index contributed by atoms with van der Waals surface area (Å²) in [5, 5.41) is 4.73. The monoisotopic (exact) mass is 333 g/mol. The van der Waals surface area contributed by atoms with Crippen molar-refractivity contribution in [1.29, 1.82) is 0 Å². The van der Waals surface area contributed by atoms with Gasteiger partial charge in [-0.15, -0.1) is 11.8 Å². The van der Waals surface area contributed by atoms with E-state index in [2.05, 4.69) is 5.16 Å². The topological polar surface area (TPSA) is 21.6 Å². The van der Waals surface area contributed by atoms with E-state index >= 15 is 0 Å². The maximum atomic E-state index is 13.0. The van der Waals surface area contributed by atoms with Crippen LogP contribution in [0.4, 0.5) is 17.6 Å². The summed E-state index contributed by atoms with van der Waals surface area (Å²) in [6.07, 6.45) is -0.962. The molecule has 0 unspecified atom stereocenters. The summed E-state index contributed by atoms with van der Waals surface area (Å²) < 4.78 is 51.5. The normalized spacial score (nSPS) is 17.6. The van der Waals surface area contributed by atoms with Gasteiger partial charge in [0.15, 0.2) is 0 Å². The number of benzene rings is 1. The van der Waals surface area contributed by atoms with Gasteiger partial charge in [-0.25, -0.2) is 4.39 Å². The number of oxime groups is 1. The predicted octanol–water partition coefficient (Wildman–Crippen LogP) is 5.10. The molecule has 1 aliphatic rings. The Morgan fingerprint density at radius 2 is 2.09 bits per heavy atom. The number of halogens is 4. The fourth-order valence-electron chi connectivity index (χ4n) is 1.92. The molecule has 1 aliphatic heterocycles. The van der Waals surface area contributed by atoms with Gasteiger partial charge < -0.3 is 4.84 Å². The molecule has 1 aromatic rings. The number of thioether (sulfide) groups is 1. The van der Waals surface area contributed by atoms with Crippen LogP contribution in [-0.2, 0) is 11.0 Å². The van der Waals surface area contributed by atoms with Crippen molar-refractivity contribution in [3.63, 3.8) is 0 Å². The highest BCUT2D eigenvalue weighted by atomic mass is 32.2. The highest BCUT2D eigenvalue weighted by molar-refractivity contribution is 8.14. The first-order chi connectivity index (χ1) is 10.2. The van der Waals surface area contributed by atoms with E-state index in [1.807, 2.05) is 13.8 Å². The lowest BCUT2D eigenvalue weighted by Gasteiger charge is -2.12. The third-order valence-electron chi connectivity index (χ3n) is 2.94. The maximum Gasteiger partial charge on any atom is 0.417 e. The zero-order valence-corrected chi connectivity index (χ0v) is 12.9. The van der Waals surface area contributed by atoms with Gasteiger partial charge in [0.2, 0.25) is 0 Å². The van der Waals surface area contributed by atoms with Crippen molar-refractivity contribution >= 4 is 22.9 Å². The van der Waals surface area contributed by atoms with E-state index in [0.29, 0.717) is 18.2 Å². The summed E-state index contributed by atoms with van der Waals surface area (Å²) in [6.45, 7) is 3.82. The van der Waals surface area contributed by atoms with Gasteiger partial charge in [-0.05, 0) is 31.5 Å². The Bertz CT molecular complexity index is 608. The second-order valence-corrected chi connectivity index (χ2v) is 6.55. The molecule has 0 fully saturated rings. The van der Waals surface area contributed by atoms with Crippen LogP contribution in [0.5, 0.6) is 0 Å². The molecule has 0 aliphatic carbocycles. The van der Waals surface area contributed by atoms with Crippen LogP contribution in [0.3, 0.4) is 0 Å². The van der Waals surface area contributed by atoms with E-state index in [0.717, 1.165) is 17.2 Å². The third kappa shape index (κ3) is 4.50. The largest absolute Gasteiger partial charge is 0.417 e. The van der Waals surface area contributed by atoms with Crippen LogP contribution in [0, 0.1) is 5.82 Å². The van der Waals surface area contributed by atoms with Crippen LogP contribution < -0.4 is 0 Å². The van der Waals surface area contributed by atoms with Crippen LogP contribution in [0.25, 0.3) is 6.08 Å². The molecule has 0 amide bonds. The first-order valence-electron chi connectivity index (χ1n) is 6.58. The zero-order valence-electron chi connectivity index (χ0n) is 12.1. The minimum atomic E-state index is -4.58. The Morgan fingerprint density at radius 3 is 2.68 bits per heavy atom. The van der Waals surface area contributed by atoms with Gasteiger partial charge >= 0.3 is 6.18 Å². The quantitative estimate of drug-likeness (QED) is 0.718. The average molecular weight is 333 g/mol. The molecule has 0 spiro atoms. The molecular weight excluding hydrogens is 318 g/mol. The molecule has 2 rings (SSSR count). The highest BCUT2D eigenvalue weighted by Gasteiger charge is 2.33. The molecule has 0 aromatic heterocycles. The molecule has 0 N–H and O–H groups in total. The van der Waals surface area contributed by atoms with Crippen molar-refractivity contribution in [2.45, 2.75) is 32.0 Å². The van der Waals surface area contributed by atoms with E-state index in [-0.39, 0.29) is 11.2 Å². The van der Waals surface area contributed by atoms with Gasteiger partial charge in [-0.1, -0.05) is 23.4 Å². The van der Waals surface area contributed by atoms with Gasteiger partial charge in [0.05, 0.1) is 5.56 Å². The first-order valence-corrected chi connectivity index (χ1v) is 7.57. The Kier molecular flexibility index (Phi) is 4.84. The number of hydrogen-bond donors (Lipinski definition) is 0. The number of rotatable bonds is 3. The lowest BCUT2D eigenvalue weighted by Crippen LogP contribution is -2.18. The molecule has 0 saturated heterocycles. The molecule has 120 valence electrons. The molecule has 2 nitrogen and oxygen atoms in total. The van der Waals surface area contributed by atoms with Crippen LogP contribution in [-0.4, -0.2) is 16.4 Å². The molecule has 7 heteroatoms. The second kappa shape index (κ2) is 6.32. The smallest absolute Gasteiger partial charge is 0.389 e. The molecule has 0 atom stereocenters. The van der Waals surface area contributed by atoms with Gasteiger partial charge in [-0.3, -0.25) is 0 Å². The van der Waals surface area contributed by atoms with E-state index in [9.17, 15) is 17.6 Å². The number of hydrogen-bond acceptors (Lipinski definition) is 3. The van der Waals surface area contributed by atoms with Crippen LogP contribution in [0.2, 0.25) is 0 Å². The summed E-state index contributed by atoms with van der Waals surface area (Å²) in [4.78, 5) is 5.20. The maximum absolute atomic E-state index is 13.0. The fraction of sp³-hybridized carbons (Fsp3) is 0.400. The van der Waals surface area contributed by atoms with E-state index in [1.165, 1.54) is 17.8 Å². The van der Waals surface area contributed by atoms with Gasteiger partial charge in [0, 0.05) is 12.2 Å². The van der Waals surface area contributed by atoms with Crippen molar-refractivity contribution in [1.82, 2.24) is 0 Å². The SMILES string of the molecule is CC1(C)CC(SC/C=C/c2ccc(F)cc2C(F)(F)F)=NO1. The van der Waals surface area contributed by atoms with E-state index in [4.69, 9.17) is 4.84 Å². The Hall–Kier alpha value is -1.50. The summed E-state index contributed by atoms with van der Waals surface area (Å²) in [6, 6.07) is 2.64. The van der Waals surface area contributed by atoms with E-state index in [1.54, 1.807) is 6.08 Å². The molecular formula is C15H15F4NOS. The summed E-state index contributed by atoms with van der Waals surface area (Å²) >= 11 is 1.40. The second-order valence-electron chi connectivity index (χ2n) is 5.46. The highest BCUT2D eigenvalue weighted by Crippen LogP contribution is 2.33. The minimum Gasteiger partial charge on any atom is -0.389 e. The zero-order chi connectivity index (χ0) is 16.4. The molecule has 1 heterocycles. The minimum absolute atomic E-state index is 0.0561. The third-order valence-corrected chi connectivity index (χ3v) is 3.85. The molecule has 0 saturated carbocycles. The predicted molar refractivity (Wildman–Crippen MR) is 80.1 cm³/mol. The molecule has 1 aromatic carbocycles. The Balaban J connectivity index is 1.99. The molecule has 0 bridgehead atoms. The summed E-state index contributed by atoms with van der Waals surface area (Å²) in [5.41, 5.74) is -1.36. The Morgan fingerprint density at radius 1 is 1.36 bits per heavy atom.